The molecule has 0 spiro atoms. The molecule has 2 aromatic heterocycles. The number of hydrazone groups is 1. The van der Waals surface area contributed by atoms with Crippen LogP contribution < -0.4 is 5.43 Å². The van der Waals surface area contributed by atoms with E-state index in [1.165, 1.54) is 0 Å². The zero-order valence-corrected chi connectivity index (χ0v) is 11.1. The van der Waals surface area contributed by atoms with Crippen LogP contribution in [0.4, 0.5) is 5.82 Å². The summed E-state index contributed by atoms with van der Waals surface area (Å²) in [7, 11) is 0. The van der Waals surface area contributed by atoms with Crippen LogP contribution in [0.3, 0.4) is 0 Å². The first-order chi connectivity index (χ1) is 7.74. The van der Waals surface area contributed by atoms with Gasteiger partial charge in [-0.15, -0.1) is 21.5 Å². The molecule has 0 aliphatic heterocycles. The second-order valence-electron chi connectivity index (χ2n) is 2.78. The van der Waals surface area contributed by atoms with Gasteiger partial charge in [0.1, 0.15) is 0 Å². The Balaban J connectivity index is 1.97. The average molecular weight is 318 g/mol. The van der Waals surface area contributed by atoms with Crippen LogP contribution in [0.5, 0.6) is 0 Å². The van der Waals surface area contributed by atoms with Gasteiger partial charge in [-0.25, -0.2) is 0 Å². The molecule has 0 aromatic carbocycles. The molecule has 4 nitrogen and oxygen atoms in total. The van der Waals surface area contributed by atoms with E-state index >= 15 is 0 Å². The third-order valence-electron chi connectivity index (χ3n) is 1.59. The molecule has 1 N–H and O–H groups in total. The van der Waals surface area contributed by atoms with Gasteiger partial charge >= 0.3 is 0 Å². The van der Waals surface area contributed by atoms with Crippen molar-refractivity contribution in [1.29, 1.82) is 0 Å². The Kier molecular flexibility index (Phi) is 3.87. The van der Waals surface area contributed by atoms with Gasteiger partial charge in [0.25, 0.3) is 0 Å². The van der Waals surface area contributed by atoms with Crippen molar-refractivity contribution < 1.29 is 0 Å². The van der Waals surface area contributed by atoms with Gasteiger partial charge in [-0.3, -0.25) is 5.43 Å². The Hall–Kier alpha value is -0.980. The number of rotatable bonds is 3. The SMILES string of the molecule is Clc1ccc(NN=Cc2cc(Br)cs2)nn1. The van der Waals surface area contributed by atoms with E-state index in [0.717, 1.165) is 9.35 Å². The number of aromatic nitrogens is 2. The fraction of sp³-hybridized carbons (Fsp3) is 0. The first-order valence-corrected chi connectivity index (χ1v) is 6.31. The van der Waals surface area contributed by atoms with Crippen LogP contribution in [0, 0.1) is 0 Å². The summed E-state index contributed by atoms with van der Waals surface area (Å²) in [6.07, 6.45) is 1.71. The van der Waals surface area contributed by atoms with Gasteiger partial charge in [-0.1, -0.05) is 11.6 Å². The molecular formula is C9H6BrClN4S. The van der Waals surface area contributed by atoms with Crippen LogP contribution in [0.2, 0.25) is 5.15 Å². The van der Waals surface area contributed by atoms with Crippen LogP contribution >= 0.6 is 38.9 Å². The van der Waals surface area contributed by atoms with Gasteiger partial charge in [0, 0.05) is 14.7 Å². The molecule has 0 aliphatic carbocycles. The van der Waals surface area contributed by atoms with E-state index in [4.69, 9.17) is 11.6 Å². The van der Waals surface area contributed by atoms with Gasteiger partial charge < -0.3 is 0 Å². The monoisotopic (exact) mass is 316 g/mol. The smallest absolute Gasteiger partial charge is 0.168 e. The molecule has 0 saturated heterocycles. The number of nitrogens with zero attached hydrogens (tertiary/aromatic N) is 3. The Bertz CT molecular complexity index is 496. The summed E-state index contributed by atoms with van der Waals surface area (Å²) in [6.45, 7) is 0. The molecule has 82 valence electrons. The third-order valence-corrected chi connectivity index (χ3v) is 3.42. The molecule has 0 saturated carbocycles. The summed E-state index contributed by atoms with van der Waals surface area (Å²) >= 11 is 10.6. The molecule has 0 radical (unpaired) electrons. The highest BCUT2D eigenvalue weighted by Crippen LogP contribution is 2.17. The zero-order chi connectivity index (χ0) is 11.4. The molecule has 0 bridgehead atoms. The van der Waals surface area contributed by atoms with Crippen molar-refractivity contribution in [3.05, 3.63) is 38.1 Å². The lowest BCUT2D eigenvalue weighted by Crippen LogP contribution is -1.94. The molecule has 0 fully saturated rings. The van der Waals surface area contributed by atoms with Crippen LogP contribution in [-0.4, -0.2) is 16.4 Å². The van der Waals surface area contributed by atoms with Crippen molar-refractivity contribution >= 4 is 50.9 Å². The van der Waals surface area contributed by atoms with Crippen LogP contribution in [-0.2, 0) is 0 Å². The molecule has 7 heteroatoms. The molecule has 2 heterocycles. The normalized spacial score (nSPS) is 10.9. The van der Waals surface area contributed by atoms with Crippen LogP contribution in [0.15, 0.2) is 33.2 Å². The van der Waals surface area contributed by atoms with Crippen molar-refractivity contribution in [2.24, 2.45) is 5.10 Å². The van der Waals surface area contributed by atoms with Gasteiger partial charge in [-0.2, -0.15) is 5.10 Å². The molecule has 2 rings (SSSR count). The third kappa shape index (κ3) is 3.26. The first-order valence-electron chi connectivity index (χ1n) is 4.26. The summed E-state index contributed by atoms with van der Waals surface area (Å²) < 4.78 is 1.05. The highest BCUT2D eigenvalue weighted by Gasteiger charge is 1.94. The quantitative estimate of drug-likeness (QED) is 0.697. The lowest BCUT2D eigenvalue weighted by molar-refractivity contribution is 1.02. The lowest BCUT2D eigenvalue weighted by atomic mass is 10.5. The van der Waals surface area contributed by atoms with Crippen LogP contribution in [0.25, 0.3) is 0 Å². The molecular weight excluding hydrogens is 312 g/mol. The number of hydrogen-bond donors (Lipinski definition) is 1. The van der Waals surface area contributed by atoms with Gasteiger partial charge in [-0.05, 0) is 34.1 Å². The fourth-order valence-electron chi connectivity index (χ4n) is 0.934. The molecule has 0 unspecified atom stereocenters. The second-order valence-corrected chi connectivity index (χ2v) is 5.02. The van der Waals surface area contributed by atoms with Crippen molar-refractivity contribution in [3.63, 3.8) is 0 Å². The van der Waals surface area contributed by atoms with E-state index in [1.807, 2.05) is 11.4 Å². The number of nitrogens with one attached hydrogen (secondary N) is 1. The van der Waals surface area contributed by atoms with Crippen molar-refractivity contribution in [2.75, 3.05) is 5.43 Å². The van der Waals surface area contributed by atoms with Crippen molar-refractivity contribution in [2.45, 2.75) is 0 Å². The van der Waals surface area contributed by atoms with E-state index in [9.17, 15) is 0 Å². The molecule has 0 aliphatic rings. The number of hydrogen-bond acceptors (Lipinski definition) is 5. The van der Waals surface area contributed by atoms with Gasteiger partial charge in [0.15, 0.2) is 11.0 Å². The van der Waals surface area contributed by atoms with Crippen molar-refractivity contribution in [1.82, 2.24) is 10.2 Å². The molecule has 2 aromatic rings. The standard InChI is InChI=1S/C9H6BrClN4S/c10-6-3-7(16-5-6)4-12-14-9-2-1-8(11)13-15-9/h1-5H,(H,14,15). The maximum Gasteiger partial charge on any atom is 0.168 e. The fourth-order valence-corrected chi connectivity index (χ4v) is 2.34. The van der Waals surface area contributed by atoms with Crippen LogP contribution in [0.1, 0.15) is 4.88 Å². The maximum absolute atomic E-state index is 5.60. The summed E-state index contributed by atoms with van der Waals surface area (Å²) in [5, 5.41) is 13.9. The predicted molar refractivity (Wildman–Crippen MR) is 70.3 cm³/mol. The lowest BCUT2D eigenvalue weighted by Gasteiger charge is -1.96. The van der Waals surface area contributed by atoms with E-state index in [1.54, 1.807) is 29.7 Å². The number of thiophene rings is 1. The Morgan fingerprint density at radius 2 is 2.31 bits per heavy atom. The summed E-state index contributed by atoms with van der Waals surface area (Å²) in [5.74, 6) is 0.552. The van der Waals surface area contributed by atoms with E-state index in [-0.39, 0.29) is 0 Å². The second kappa shape index (κ2) is 5.38. The van der Waals surface area contributed by atoms with E-state index < -0.39 is 0 Å². The number of halogens is 2. The van der Waals surface area contributed by atoms with Gasteiger partial charge in [0.2, 0.25) is 0 Å². The molecule has 0 atom stereocenters. The minimum atomic E-state index is 0.358. The summed E-state index contributed by atoms with van der Waals surface area (Å²) in [6, 6.07) is 5.33. The highest BCUT2D eigenvalue weighted by atomic mass is 79.9. The average Bonchev–Trinajstić information content (AvgIpc) is 2.67. The minimum absolute atomic E-state index is 0.358. The number of anilines is 1. The zero-order valence-electron chi connectivity index (χ0n) is 7.89. The maximum atomic E-state index is 5.60. The van der Waals surface area contributed by atoms with E-state index in [0.29, 0.717) is 11.0 Å². The highest BCUT2D eigenvalue weighted by molar-refractivity contribution is 9.10. The molecule has 16 heavy (non-hydrogen) atoms. The van der Waals surface area contributed by atoms with Gasteiger partial charge in [0.05, 0.1) is 6.21 Å². The van der Waals surface area contributed by atoms with Crippen molar-refractivity contribution in [3.8, 4) is 0 Å². The Morgan fingerprint density at radius 3 is 2.94 bits per heavy atom. The van der Waals surface area contributed by atoms with E-state index in [2.05, 4.69) is 36.7 Å². The Morgan fingerprint density at radius 1 is 1.44 bits per heavy atom. The largest absolute Gasteiger partial charge is 0.260 e. The summed E-state index contributed by atoms with van der Waals surface area (Å²) in [4.78, 5) is 1.04. The molecule has 0 amide bonds. The topological polar surface area (TPSA) is 50.2 Å². The minimum Gasteiger partial charge on any atom is -0.260 e. The Labute approximate surface area is 109 Å². The predicted octanol–water partition coefficient (Wildman–Crippen LogP) is 3.40. The summed E-state index contributed by atoms with van der Waals surface area (Å²) in [5.41, 5.74) is 2.76. The first kappa shape index (κ1) is 11.5.